The maximum atomic E-state index is 12.5. The number of alkyl halides is 6. The molecule has 0 radical (unpaired) electrons. The molecule has 4 rings (SSSR count). The van der Waals surface area contributed by atoms with E-state index in [1.165, 1.54) is 62.9 Å². The van der Waals surface area contributed by atoms with Crippen molar-refractivity contribution in [2.45, 2.75) is 105 Å². The van der Waals surface area contributed by atoms with E-state index in [-0.39, 0.29) is 18.2 Å². The topological polar surface area (TPSA) is 27.6 Å². The van der Waals surface area contributed by atoms with Crippen LogP contribution in [0.2, 0.25) is 0 Å². The minimum atomic E-state index is -4.79. The van der Waals surface area contributed by atoms with Crippen molar-refractivity contribution in [2.24, 2.45) is 16.8 Å². The summed E-state index contributed by atoms with van der Waals surface area (Å²) in [6.07, 6.45) is 1.80. The highest BCUT2D eigenvalue weighted by atomic mass is 19.4. The first-order valence-electron chi connectivity index (χ1n) is 15.8. The molecular formula is C34H49F6N3. The van der Waals surface area contributed by atoms with Crippen LogP contribution >= 0.6 is 0 Å². The zero-order valence-electron chi connectivity index (χ0n) is 26.3. The zero-order valence-corrected chi connectivity index (χ0v) is 26.3. The van der Waals surface area contributed by atoms with Crippen LogP contribution in [0.5, 0.6) is 0 Å². The van der Waals surface area contributed by atoms with Gasteiger partial charge in [0.05, 0.1) is 16.8 Å². The summed E-state index contributed by atoms with van der Waals surface area (Å²) in [6, 6.07) is 10.9. The summed E-state index contributed by atoms with van der Waals surface area (Å²) in [7, 11) is 0. The first-order chi connectivity index (χ1) is 20.4. The van der Waals surface area contributed by atoms with E-state index in [1.54, 1.807) is 6.92 Å². The van der Waals surface area contributed by atoms with Gasteiger partial charge in [0.2, 0.25) is 0 Å². The predicted octanol–water partition coefficient (Wildman–Crippen LogP) is 10.6. The molecule has 0 saturated heterocycles. The van der Waals surface area contributed by atoms with E-state index in [4.69, 9.17) is 4.99 Å². The summed E-state index contributed by atoms with van der Waals surface area (Å²) in [4.78, 5) is 7.50. The standard InChI is InChI=1S/C21H32N2.C11H11F6N.C2H6/c1-3-8-17(2)15-23(16-18-9-6-10-18)21-13-7-14-22-20-12-5-4-11-19(20)21;1-2-18-6-7-3-8(10(12,13)14)5-9(4-7)11(15,16)17;1-2/h4-5,11-12,14,17-18,21H,3,6-10,13,15-16H2,1-2H3;3-5,18H,2,6H2,1H3;1-2H3. The van der Waals surface area contributed by atoms with E-state index >= 15 is 0 Å². The number of nitrogens with zero attached hydrogens (tertiary/aromatic N) is 2. The molecule has 0 spiro atoms. The molecular weight excluding hydrogens is 564 g/mol. The van der Waals surface area contributed by atoms with Gasteiger partial charge in [0.15, 0.2) is 0 Å². The minimum absolute atomic E-state index is 0.0382. The molecule has 2 aliphatic rings. The fourth-order valence-corrected chi connectivity index (χ4v) is 5.53. The third kappa shape index (κ3) is 11.9. The van der Waals surface area contributed by atoms with Crippen LogP contribution < -0.4 is 5.32 Å². The average Bonchev–Trinajstić information content (AvgIpc) is 3.16. The van der Waals surface area contributed by atoms with Gasteiger partial charge in [0.1, 0.15) is 0 Å². The van der Waals surface area contributed by atoms with E-state index < -0.39 is 23.5 Å². The molecule has 0 aromatic heterocycles. The normalized spacial score (nSPS) is 17.5. The van der Waals surface area contributed by atoms with Crippen molar-refractivity contribution < 1.29 is 26.3 Å². The average molecular weight is 614 g/mol. The highest BCUT2D eigenvalue weighted by Gasteiger charge is 2.36. The van der Waals surface area contributed by atoms with Crippen LogP contribution in [-0.2, 0) is 18.9 Å². The highest BCUT2D eigenvalue weighted by Crippen LogP contribution is 2.38. The second kappa shape index (κ2) is 17.8. The van der Waals surface area contributed by atoms with Crippen LogP contribution in [0.1, 0.15) is 108 Å². The molecule has 0 amide bonds. The molecule has 3 nitrogen and oxygen atoms in total. The lowest BCUT2D eigenvalue weighted by Gasteiger charge is -2.39. The Morgan fingerprint density at radius 2 is 1.56 bits per heavy atom. The number of hydrogen-bond donors (Lipinski definition) is 1. The van der Waals surface area contributed by atoms with Crippen molar-refractivity contribution in [3.63, 3.8) is 0 Å². The van der Waals surface area contributed by atoms with Crippen LogP contribution in [-0.4, -0.2) is 30.7 Å². The molecule has 1 fully saturated rings. The molecule has 2 unspecified atom stereocenters. The summed E-state index contributed by atoms with van der Waals surface area (Å²) in [5, 5.41) is 2.69. The largest absolute Gasteiger partial charge is 0.416 e. The van der Waals surface area contributed by atoms with Crippen LogP contribution in [0.3, 0.4) is 0 Å². The Balaban J connectivity index is 0.000000293. The van der Waals surface area contributed by atoms with E-state index in [0.717, 1.165) is 30.4 Å². The number of para-hydroxylation sites is 1. The Kier molecular flexibility index (Phi) is 15.2. The Hall–Kier alpha value is -2.39. The lowest BCUT2D eigenvalue weighted by Crippen LogP contribution is -2.38. The molecule has 9 heteroatoms. The molecule has 1 heterocycles. The van der Waals surface area contributed by atoms with Crippen molar-refractivity contribution in [3.8, 4) is 0 Å². The zero-order chi connectivity index (χ0) is 32.0. The highest BCUT2D eigenvalue weighted by molar-refractivity contribution is 5.66. The third-order valence-electron chi connectivity index (χ3n) is 7.81. The van der Waals surface area contributed by atoms with E-state index in [0.29, 0.717) is 12.6 Å². The summed E-state index contributed by atoms with van der Waals surface area (Å²) in [5.41, 5.74) is 0.0236. The molecule has 0 bridgehead atoms. The number of hydrogen-bond acceptors (Lipinski definition) is 3. The van der Waals surface area contributed by atoms with Gasteiger partial charge in [-0.2, -0.15) is 26.3 Å². The fraction of sp³-hybridized carbons (Fsp3) is 0.618. The van der Waals surface area contributed by atoms with Gasteiger partial charge in [-0.1, -0.05) is 65.7 Å². The molecule has 2 atom stereocenters. The molecule has 1 aliphatic carbocycles. The first kappa shape index (κ1) is 36.8. The third-order valence-corrected chi connectivity index (χ3v) is 7.81. The van der Waals surface area contributed by atoms with Gasteiger partial charge in [-0.15, -0.1) is 0 Å². The Labute approximate surface area is 254 Å². The van der Waals surface area contributed by atoms with E-state index in [9.17, 15) is 26.3 Å². The van der Waals surface area contributed by atoms with Crippen LogP contribution in [0.4, 0.5) is 32.0 Å². The lowest BCUT2D eigenvalue weighted by molar-refractivity contribution is -0.143. The fourth-order valence-electron chi connectivity index (χ4n) is 5.53. The second-order valence-corrected chi connectivity index (χ2v) is 11.3. The van der Waals surface area contributed by atoms with Crippen molar-refractivity contribution in [2.75, 3.05) is 19.6 Å². The van der Waals surface area contributed by atoms with Crippen molar-refractivity contribution >= 4 is 11.9 Å². The van der Waals surface area contributed by atoms with Crippen molar-refractivity contribution in [1.29, 1.82) is 0 Å². The molecule has 1 aliphatic heterocycles. The molecule has 1 saturated carbocycles. The Bertz CT molecular complexity index is 1080. The Morgan fingerprint density at radius 1 is 0.930 bits per heavy atom. The predicted molar refractivity (Wildman–Crippen MR) is 165 cm³/mol. The number of nitrogens with one attached hydrogen (secondary N) is 1. The monoisotopic (exact) mass is 613 g/mol. The summed E-state index contributed by atoms with van der Waals surface area (Å²) in [6.45, 7) is 13.4. The molecule has 242 valence electrons. The number of benzene rings is 2. The second-order valence-electron chi connectivity index (χ2n) is 11.3. The van der Waals surface area contributed by atoms with Gasteiger partial charge in [0, 0.05) is 31.9 Å². The van der Waals surface area contributed by atoms with Gasteiger partial charge in [0.25, 0.3) is 0 Å². The molecule has 43 heavy (non-hydrogen) atoms. The van der Waals surface area contributed by atoms with Crippen LogP contribution in [0.15, 0.2) is 47.5 Å². The number of aliphatic imine (C=N–C) groups is 1. The first-order valence-corrected chi connectivity index (χ1v) is 15.8. The van der Waals surface area contributed by atoms with Gasteiger partial charge >= 0.3 is 12.4 Å². The molecule has 2 aromatic carbocycles. The molecule has 1 N–H and O–H groups in total. The smallest absolute Gasteiger partial charge is 0.313 e. The minimum Gasteiger partial charge on any atom is -0.313 e. The number of rotatable bonds is 10. The number of halogens is 6. The maximum absolute atomic E-state index is 12.5. The summed E-state index contributed by atoms with van der Waals surface area (Å²) in [5.74, 6) is 1.72. The van der Waals surface area contributed by atoms with Crippen LogP contribution in [0.25, 0.3) is 0 Å². The molecule has 2 aromatic rings. The Morgan fingerprint density at radius 3 is 2.09 bits per heavy atom. The van der Waals surface area contributed by atoms with Gasteiger partial charge in [-0.25, -0.2) is 0 Å². The SMILES string of the molecule is CC.CCCC(C)CN(CC1CCC1)C1CCC=Nc2ccccc21.CCNCc1cc(C(F)(F)F)cc(C(F)(F)F)c1. The van der Waals surface area contributed by atoms with E-state index in [1.807, 2.05) is 13.8 Å². The quantitative estimate of drug-likeness (QED) is 0.270. The summed E-state index contributed by atoms with van der Waals surface area (Å²) < 4.78 is 74.8. The van der Waals surface area contributed by atoms with E-state index in [2.05, 4.69) is 54.5 Å². The van der Waals surface area contributed by atoms with Gasteiger partial charge in [-0.3, -0.25) is 9.89 Å². The van der Waals surface area contributed by atoms with Gasteiger partial charge in [-0.05, 0) is 85.9 Å². The number of fused-ring (bicyclic) bond motifs is 1. The van der Waals surface area contributed by atoms with Gasteiger partial charge < -0.3 is 5.32 Å². The maximum Gasteiger partial charge on any atom is 0.416 e. The van der Waals surface area contributed by atoms with Crippen LogP contribution in [0, 0.1) is 11.8 Å². The van der Waals surface area contributed by atoms with Crippen molar-refractivity contribution in [3.05, 3.63) is 64.7 Å². The van der Waals surface area contributed by atoms with Crippen molar-refractivity contribution in [1.82, 2.24) is 10.2 Å². The lowest BCUT2D eigenvalue weighted by atomic mass is 9.84. The summed E-state index contributed by atoms with van der Waals surface area (Å²) >= 11 is 0.